The standard InChI is InChI=1S/C22H28N2O3/c25-21-8-4-14-27-22(21)9-12-24(13-10-22)16-18-5-3-7-20(15-18)26-17-19-6-1-2-11-23-19/h1-3,5-7,11,15,21,25H,4,8-10,12-14,16-17H2/t21-/m1/s1. The van der Waals surface area contributed by atoms with E-state index in [0.29, 0.717) is 6.61 Å². The summed E-state index contributed by atoms with van der Waals surface area (Å²) in [6.45, 7) is 4.07. The summed E-state index contributed by atoms with van der Waals surface area (Å²) in [6.07, 6.45) is 5.13. The lowest BCUT2D eigenvalue weighted by Gasteiger charge is -2.46. The van der Waals surface area contributed by atoms with Gasteiger partial charge in [0.25, 0.3) is 0 Å². The average molecular weight is 368 g/mol. The molecule has 4 rings (SSSR count). The Morgan fingerprint density at radius 3 is 2.85 bits per heavy atom. The number of hydrogen-bond acceptors (Lipinski definition) is 5. The van der Waals surface area contributed by atoms with Gasteiger partial charge in [-0.25, -0.2) is 0 Å². The molecule has 0 amide bonds. The summed E-state index contributed by atoms with van der Waals surface area (Å²) < 4.78 is 11.9. The summed E-state index contributed by atoms with van der Waals surface area (Å²) in [7, 11) is 0. The molecule has 5 heteroatoms. The molecule has 1 atom stereocenters. The zero-order chi connectivity index (χ0) is 18.5. The first-order valence-electron chi connectivity index (χ1n) is 9.90. The molecule has 0 unspecified atom stereocenters. The van der Waals surface area contributed by atoms with Crippen LogP contribution in [-0.2, 0) is 17.9 Å². The Balaban J connectivity index is 1.31. The van der Waals surface area contributed by atoms with Gasteiger partial charge in [0.2, 0.25) is 0 Å². The van der Waals surface area contributed by atoms with Gasteiger partial charge < -0.3 is 14.6 Å². The van der Waals surface area contributed by atoms with E-state index >= 15 is 0 Å². The zero-order valence-electron chi connectivity index (χ0n) is 15.7. The van der Waals surface area contributed by atoms with Crippen molar-refractivity contribution in [1.82, 2.24) is 9.88 Å². The molecule has 0 saturated carbocycles. The molecule has 0 bridgehead atoms. The quantitative estimate of drug-likeness (QED) is 0.879. The third-order valence-corrected chi connectivity index (χ3v) is 5.74. The largest absolute Gasteiger partial charge is 0.487 e. The van der Waals surface area contributed by atoms with Crippen LogP contribution in [0.15, 0.2) is 48.7 Å². The van der Waals surface area contributed by atoms with Crippen molar-refractivity contribution in [1.29, 1.82) is 0 Å². The predicted octanol–water partition coefficient (Wildman–Crippen LogP) is 3.17. The van der Waals surface area contributed by atoms with Crippen LogP contribution in [0.1, 0.15) is 36.9 Å². The number of hydrogen-bond donors (Lipinski definition) is 1. The van der Waals surface area contributed by atoms with Crippen LogP contribution < -0.4 is 4.74 Å². The summed E-state index contributed by atoms with van der Waals surface area (Å²) >= 11 is 0. The number of piperidine rings is 1. The molecule has 2 fully saturated rings. The van der Waals surface area contributed by atoms with E-state index in [1.54, 1.807) is 6.20 Å². The van der Waals surface area contributed by atoms with Gasteiger partial charge >= 0.3 is 0 Å². The topological polar surface area (TPSA) is 54.8 Å². The second-order valence-corrected chi connectivity index (χ2v) is 7.60. The number of pyridine rings is 1. The van der Waals surface area contributed by atoms with Crippen LogP contribution in [0.25, 0.3) is 0 Å². The second-order valence-electron chi connectivity index (χ2n) is 7.60. The van der Waals surface area contributed by atoms with Crippen molar-refractivity contribution in [2.75, 3.05) is 19.7 Å². The Morgan fingerprint density at radius 2 is 2.07 bits per heavy atom. The molecule has 2 aromatic rings. The number of aromatic nitrogens is 1. The van der Waals surface area contributed by atoms with Gasteiger partial charge in [-0.1, -0.05) is 18.2 Å². The Hall–Kier alpha value is -1.95. The van der Waals surface area contributed by atoms with E-state index in [2.05, 4.69) is 22.0 Å². The first kappa shape index (κ1) is 18.4. The van der Waals surface area contributed by atoms with Crippen molar-refractivity contribution in [3.63, 3.8) is 0 Å². The molecule has 0 radical (unpaired) electrons. The number of rotatable bonds is 5. The number of ether oxygens (including phenoxy) is 2. The zero-order valence-corrected chi connectivity index (χ0v) is 15.7. The molecule has 5 nitrogen and oxygen atoms in total. The Bertz CT molecular complexity index is 729. The molecule has 0 aliphatic carbocycles. The highest BCUT2D eigenvalue weighted by Gasteiger charge is 2.43. The number of aliphatic hydroxyl groups is 1. The Labute approximate surface area is 160 Å². The van der Waals surface area contributed by atoms with Crippen LogP contribution >= 0.6 is 0 Å². The summed E-state index contributed by atoms with van der Waals surface area (Å²) in [5.74, 6) is 0.873. The number of likely N-dealkylation sites (tertiary alicyclic amines) is 1. The van der Waals surface area contributed by atoms with E-state index in [0.717, 1.165) is 63.4 Å². The van der Waals surface area contributed by atoms with E-state index in [1.165, 1.54) is 5.56 Å². The molecule has 2 saturated heterocycles. The smallest absolute Gasteiger partial charge is 0.130 e. The van der Waals surface area contributed by atoms with Gasteiger partial charge in [-0.15, -0.1) is 0 Å². The highest BCUT2D eigenvalue weighted by atomic mass is 16.5. The maximum absolute atomic E-state index is 10.4. The lowest BCUT2D eigenvalue weighted by atomic mass is 9.82. The minimum Gasteiger partial charge on any atom is -0.487 e. The molecule has 1 N–H and O–H groups in total. The summed E-state index contributed by atoms with van der Waals surface area (Å²) in [4.78, 5) is 6.73. The lowest BCUT2D eigenvalue weighted by Crippen LogP contribution is -2.55. The normalized spacial score (nSPS) is 22.6. The first-order chi connectivity index (χ1) is 13.2. The van der Waals surface area contributed by atoms with Gasteiger partial charge in [0.1, 0.15) is 12.4 Å². The van der Waals surface area contributed by atoms with Gasteiger partial charge in [-0.3, -0.25) is 9.88 Å². The van der Waals surface area contributed by atoms with Crippen molar-refractivity contribution in [3.8, 4) is 5.75 Å². The number of benzene rings is 1. The molecule has 27 heavy (non-hydrogen) atoms. The molecule has 1 aromatic heterocycles. The Morgan fingerprint density at radius 1 is 1.19 bits per heavy atom. The van der Waals surface area contributed by atoms with Crippen molar-refractivity contribution in [2.24, 2.45) is 0 Å². The van der Waals surface area contributed by atoms with Crippen molar-refractivity contribution in [2.45, 2.75) is 50.5 Å². The highest BCUT2D eigenvalue weighted by molar-refractivity contribution is 5.28. The minimum atomic E-state index is -0.309. The molecule has 1 spiro atoms. The maximum Gasteiger partial charge on any atom is 0.130 e. The molecular formula is C22H28N2O3. The van der Waals surface area contributed by atoms with Crippen LogP contribution in [-0.4, -0.2) is 46.4 Å². The van der Waals surface area contributed by atoms with Crippen molar-refractivity contribution < 1.29 is 14.6 Å². The van der Waals surface area contributed by atoms with E-state index in [9.17, 15) is 5.11 Å². The fraction of sp³-hybridized carbons (Fsp3) is 0.500. The Kier molecular flexibility index (Phi) is 5.72. The van der Waals surface area contributed by atoms with Gasteiger partial charge in [-0.05, 0) is 55.5 Å². The van der Waals surface area contributed by atoms with Crippen molar-refractivity contribution in [3.05, 3.63) is 59.9 Å². The molecule has 3 heterocycles. The summed E-state index contributed by atoms with van der Waals surface area (Å²) in [6, 6.07) is 14.1. The molecular weight excluding hydrogens is 340 g/mol. The number of aliphatic hydroxyl groups excluding tert-OH is 1. The first-order valence-corrected chi connectivity index (χ1v) is 9.90. The van der Waals surface area contributed by atoms with E-state index in [4.69, 9.17) is 9.47 Å². The molecule has 144 valence electrons. The molecule has 2 aliphatic heterocycles. The van der Waals surface area contributed by atoms with Crippen molar-refractivity contribution >= 4 is 0 Å². The maximum atomic E-state index is 10.4. The second kappa shape index (κ2) is 8.38. The van der Waals surface area contributed by atoms with E-state index in [1.807, 2.05) is 30.3 Å². The SMILES string of the molecule is O[C@@H]1CCCOC12CCN(Cc1cccc(OCc3ccccn3)c1)CC2. The van der Waals surface area contributed by atoms with E-state index in [-0.39, 0.29) is 11.7 Å². The minimum absolute atomic E-state index is 0.303. The van der Waals surface area contributed by atoms with Crippen LogP contribution in [0, 0.1) is 0 Å². The van der Waals surface area contributed by atoms with E-state index < -0.39 is 0 Å². The van der Waals surface area contributed by atoms with Gasteiger partial charge in [-0.2, -0.15) is 0 Å². The fourth-order valence-electron chi connectivity index (χ4n) is 4.11. The van der Waals surface area contributed by atoms with Gasteiger partial charge in [0, 0.05) is 32.4 Å². The third kappa shape index (κ3) is 4.49. The van der Waals surface area contributed by atoms with Gasteiger partial charge in [0.15, 0.2) is 0 Å². The van der Waals surface area contributed by atoms with Crippen LogP contribution in [0.3, 0.4) is 0 Å². The monoisotopic (exact) mass is 368 g/mol. The average Bonchev–Trinajstić information content (AvgIpc) is 2.72. The van der Waals surface area contributed by atoms with Crippen LogP contribution in [0.5, 0.6) is 5.75 Å². The number of nitrogens with zero attached hydrogens (tertiary/aromatic N) is 2. The molecule has 1 aromatic carbocycles. The third-order valence-electron chi connectivity index (χ3n) is 5.74. The lowest BCUT2D eigenvalue weighted by molar-refractivity contribution is -0.177. The summed E-state index contributed by atoms with van der Waals surface area (Å²) in [5.41, 5.74) is 1.87. The molecule has 2 aliphatic rings. The fourth-order valence-corrected chi connectivity index (χ4v) is 4.11. The van der Waals surface area contributed by atoms with Crippen LogP contribution in [0.2, 0.25) is 0 Å². The highest BCUT2D eigenvalue weighted by Crippen LogP contribution is 2.35. The van der Waals surface area contributed by atoms with Gasteiger partial charge in [0.05, 0.1) is 17.4 Å². The summed E-state index contributed by atoms with van der Waals surface area (Å²) in [5, 5.41) is 10.4. The van der Waals surface area contributed by atoms with Crippen LogP contribution in [0.4, 0.5) is 0 Å². The predicted molar refractivity (Wildman–Crippen MR) is 103 cm³/mol.